The van der Waals surface area contributed by atoms with Crippen LogP contribution in [0.3, 0.4) is 0 Å². The molecule has 1 fully saturated rings. The second-order valence-corrected chi connectivity index (χ2v) is 8.47. The van der Waals surface area contributed by atoms with Gasteiger partial charge in [-0.3, -0.25) is 4.90 Å². The van der Waals surface area contributed by atoms with Crippen molar-refractivity contribution in [2.24, 2.45) is 0 Å². The molecule has 0 N–H and O–H groups in total. The van der Waals surface area contributed by atoms with Crippen molar-refractivity contribution in [3.63, 3.8) is 0 Å². The Hall–Kier alpha value is -0.0800. The lowest BCUT2D eigenvalue weighted by molar-refractivity contribution is -0.0681. The average Bonchev–Trinajstić information content (AvgIpc) is 2.57. The molecule has 2 heteroatoms. The first-order chi connectivity index (χ1) is 12.2. The summed E-state index contributed by atoms with van der Waals surface area (Å²) in [6.07, 6.45) is 22.5. The maximum absolute atomic E-state index is 5.80. The largest absolute Gasteiger partial charge is 0.373 e. The highest BCUT2D eigenvalue weighted by molar-refractivity contribution is 4.72. The van der Waals surface area contributed by atoms with Crippen LogP contribution in [-0.2, 0) is 4.74 Å². The Morgan fingerprint density at radius 3 is 1.36 bits per heavy atom. The fourth-order valence-electron chi connectivity index (χ4n) is 4.17. The van der Waals surface area contributed by atoms with E-state index in [0.29, 0.717) is 12.2 Å². The van der Waals surface area contributed by atoms with E-state index < -0.39 is 0 Å². The minimum absolute atomic E-state index is 0.417. The summed E-state index contributed by atoms with van der Waals surface area (Å²) in [5.41, 5.74) is 0. The van der Waals surface area contributed by atoms with Gasteiger partial charge in [-0.25, -0.2) is 0 Å². The molecule has 0 aliphatic carbocycles. The van der Waals surface area contributed by atoms with Crippen molar-refractivity contribution in [1.29, 1.82) is 0 Å². The van der Waals surface area contributed by atoms with Crippen molar-refractivity contribution in [1.82, 2.24) is 4.90 Å². The second-order valence-electron chi connectivity index (χ2n) is 8.47. The fraction of sp³-hybridized carbons (Fsp3) is 1.00. The molecule has 0 unspecified atom stereocenters. The zero-order valence-corrected chi connectivity index (χ0v) is 17.7. The van der Waals surface area contributed by atoms with Crippen LogP contribution in [0.25, 0.3) is 0 Å². The molecule has 2 nitrogen and oxygen atoms in total. The van der Waals surface area contributed by atoms with Crippen molar-refractivity contribution in [3.05, 3.63) is 0 Å². The molecule has 1 saturated heterocycles. The lowest BCUT2D eigenvalue weighted by Crippen LogP contribution is -2.45. The van der Waals surface area contributed by atoms with E-state index in [2.05, 4.69) is 25.7 Å². The van der Waals surface area contributed by atoms with Gasteiger partial charge in [0.1, 0.15) is 0 Å². The number of hydrogen-bond acceptors (Lipinski definition) is 2. The summed E-state index contributed by atoms with van der Waals surface area (Å²) in [6, 6.07) is 0. The molecule has 0 saturated carbocycles. The first-order valence-corrected chi connectivity index (χ1v) is 11.6. The summed E-state index contributed by atoms with van der Waals surface area (Å²) < 4.78 is 5.80. The SMILES string of the molecule is CCCCCCCCCCCCCCCCCN1C[C@@H](C)O[C@@H](C)C1. The molecule has 150 valence electrons. The zero-order chi connectivity index (χ0) is 18.2. The predicted octanol–water partition coefficient (Wildman–Crippen LogP) is 6.97. The van der Waals surface area contributed by atoms with E-state index in [9.17, 15) is 0 Å². The minimum Gasteiger partial charge on any atom is -0.373 e. The van der Waals surface area contributed by atoms with Crippen LogP contribution in [0.1, 0.15) is 117 Å². The van der Waals surface area contributed by atoms with Crippen LogP contribution in [-0.4, -0.2) is 36.7 Å². The van der Waals surface area contributed by atoms with Gasteiger partial charge in [-0.05, 0) is 26.8 Å². The maximum Gasteiger partial charge on any atom is 0.0678 e. The monoisotopic (exact) mass is 353 g/mol. The molecule has 0 amide bonds. The second kappa shape index (κ2) is 16.1. The van der Waals surface area contributed by atoms with E-state index >= 15 is 0 Å². The number of morpholine rings is 1. The third kappa shape index (κ3) is 13.7. The lowest BCUT2D eigenvalue weighted by atomic mass is 10.0. The Morgan fingerprint density at radius 1 is 0.600 bits per heavy atom. The van der Waals surface area contributed by atoms with E-state index in [1.807, 2.05) is 0 Å². The number of ether oxygens (including phenoxy) is 1. The smallest absolute Gasteiger partial charge is 0.0678 e. The highest BCUT2D eigenvalue weighted by atomic mass is 16.5. The van der Waals surface area contributed by atoms with Gasteiger partial charge in [0, 0.05) is 13.1 Å². The third-order valence-electron chi connectivity index (χ3n) is 5.57. The summed E-state index contributed by atoms with van der Waals surface area (Å²) in [5.74, 6) is 0. The van der Waals surface area contributed by atoms with Crippen molar-refractivity contribution in [2.75, 3.05) is 19.6 Å². The molecular weight excluding hydrogens is 306 g/mol. The standard InChI is InChI=1S/C23H47NO/c1-4-5-6-7-8-9-10-11-12-13-14-15-16-17-18-19-24-20-22(2)25-23(3)21-24/h22-23H,4-21H2,1-3H3/t22-,23+. The molecule has 1 aliphatic rings. The van der Waals surface area contributed by atoms with Gasteiger partial charge in [-0.1, -0.05) is 96.8 Å². The quantitative estimate of drug-likeness (QED) is 0.278. The maximum atomic E-state index is 5.80. The van der Waals surface area contributed by atoms with Crippen LogP contribution in [0.5, 0.6) is 0 Å². The van der Waals surface area contributed by atoms with Gasteiger partial charge in [0.05, 0.1) is 12.2 Å². The predicted molar refractivity (Wildman–Crippen MR) is 111 cm³/mol. The highest BCUT2D eigenvalue weighted by Gasteiger charge is 2.21. The van der Waals surface area contributed by atoms with Crippen LogP contribution in [0.4, 0.5) is 0 Å². The third-order valence-corrected chi connectivity index (χ3v) is 5.57. The molecule has 0 radical (unpaired) electrons. The molecule has 2 atom stereocenters. The van der Waals surface area contributed by atoms with Gasteiger partial charge in [0.2, 0.25) is 0 Å². The van der Waals surface area contributed by atoms with Gasteiger partial charge in [0.15, 0.2) is 0 Å². The summed E-state index contributed by atoms with van der Waals surface area (Å²) >= 11 is 0. The molecule has 1 aliphatic heterocycles. The fourth-order valence-corrected chi connectivity index (χ4v) is 4.17. The lowest BCUT2D eigenvalue weighted by Gasteiger charge is -2.35. The summed E-state index contributed by atoms with van der Waals surface area (Å²) in [6.45, 7) is 10.2. The van der Waals surface area contributed by atoms with E-state index in [4.69, 9.17) is 4.74 Å². The van der Waals surface area contributed by atoms with Gasteiger partial charge >= 0.3 is 0 Å². The zero-order valence-electron chi connectivity index (χ0n) is 17.7. The summed E-state index contributed by atoms with van der Waals surface area (Å²) in [5, 5.41) is 0. The van der Waals surface area contributed by atoms with Crippen LogP contribution in [0, 0.1) is 0 Å². The molecule has 0 aromatic rings. The van der Waals surface area contributed by atoms with Gasteiger partial charge in [-0.15, -0.1) is 0 Å². The summed E-state index contributed by atoms with van der Waals surface area (Å²) in [7, 11) is 0. The normalized spacial score (nSPS) is 21.7. The van der Waals surface area contributed by atoms with Gasteiger partial charge in [0.25, 0.3) is 0 Å². The van der Waals surface area contributed by atoms with E-state index in [-0.39, 0.29) is 0 Å². The van der Waals surface area contributed by atoms with Gasteiger partial charge < -0.3 is 4.74 Å². The van der Waals surface area contributed by atoms with Gasteiger partial charge in [-0.2, -0.15) is 0 Å². The first kappa shape index (κ1) is 23.0. The van der Waals surface area contributed by atoms with E-state index in [1.54, 1.807) is 0 Å². The van der Waals surface area contributed by atoms with Crippen LogP contribution >= 0.6 is 0 Å². The van der Waals surface area contributed by atoms with Crippen molar-refractivity contribution < 1.29 is 4.74 Å². The minimum atomic E-state index is 0.417. The van der Waals surface area contributed by atoms with Crippen molar-refractivity contribution in [3.8, 4) is 0 Å². The van der Waals surface area contributed by atoms with E-state index in [1.165, 1.54) is 103 Å². The Labute approximate surface area is 159 Å². The van der Waals surface area contributed by atoms with Crippen LogP contribution in [0.15, 0.2) is 0 Å². The molecule has 0 bridgehead atoms. The first-order valence-electron chi connectivity index (χ1n) is 11.6. The molecule has 25 heavy (non-hydrogen) atoms. The molecule has 0 aromatic carbocycles. The topological polar surface area (TPSA) is 12.5 Å². The Balaban J connectivity index is 1.75. The molecule has 0 spiro atoms. The number of hydrogen-bond donors (Lipinski definition) is 0. The molecule has 1 rings (SSSR count). The Bertz CT molecular complexity index is 271. The Morgan fingerprint density at radius 2 is 0.960 bits per heavy atom. The Kier molecular flexibility index (Phi) is 14.8. The number of nitrogens with zero attached hydrogens (tertiary/aromatic N) is 1. The van der Waals surface area contributed by atoms with Crippen LogP contribution in [0.2, 0.25) is 0 Å². The van der Waals surface area contributed by atoms with Crippen molar-refractivity contribution >= 4 is 0 Å². The highest BCUT2D eigenvalue weighted by Crippen LogP contribution is 2.15. The molecule has 1 heterocycles. The van der Waals surface area contributed by atoms with E-state index in [0.717, 1.165) is 13.1 Å². The van der Waals surface area contributed by atoms with Crippen LogP contribution < -0.4 is 0 Å². The van der Waals surface area contributed by atoms with Crippen molar-refractivity contribution in [2.45, 2.75) is 129 Å². The molecule has 0 aromatic heterocycles. The number of rotatable bonds is 16. The average molecular weight is 354 g/mol. The molecular formula is C23H47NO. The number of unbranched alkanes of at least 4 members (excludes halogenated alkanes) is 14. The summed E-state index contributed by atoms with van der Waals surface area (Å²) in [4.78, 5) is 2.60.